The molecule has 2 N–H and O–H groups in total. The number of anilines is 1. The quantitative estimate of drug-likeness (QED) is 0.682. The Bertz CT molecular complexity index is 802. The normalized spacial score (nSPS) is 10.8. The van der Waals surface area contributed by atoms with Gasteiger partial charge in [0.2, 0.25) is 5.88 Å². The summed E-state index contributed by atoms with van der Waals surface area (Å²) in [5, 5.41) is 4.61. The Morgan fingerprint density at radius 2 is 1.86 bits per heavy atom. The third-order valence-corrected chi connectivity index (χ3v) is 3.95. The van der Waals surface area contributed by atoms with Crippen LogP contribution in [0.5, 0.6) is 0 Å². The van der Waals surface area contributed by atoms with E-state index >= 15 is 0 Å². The first-order valence-corrected chi connectivity index (χ1v) is 7.20. The summed E-state index contributed by atoms with van der Waals surface area (Å²) in [5.41, 5.74) is 8.59. The number of benzene rings is 2. The molecule has 0 aliphatic heterocycles. The van der Waals surface area contributed by atoms with Crippen molar-refractivity contribution in [3.8, 4) is 22.4 Å². The van der Waals surface area contributed by atoms with Gasteiger partial charge in [0, 0.05) is 15.1 Å². The summed E-state index contributed by atoms with van der Waals surface area (Å²) in [6.07, 6.45) is 0. The van der Waals surface area contributed by atoms with Crippen molar-refractivity contribution in [2.45, 2.75) is 0 Å². The SMILES string of the molecule is Nc1onc(-c2ccc(F)cc2Br)c1-c1ccc(Cl)cc1. The van der Waals surface area contributed by atoms with Gasteiger partial charge in [0.05, 0.1) is 5.56 Å². The minimum Gasteiger partial charge on any atom is -0.367 e. The van der Waals surface area contributed by atoms with E-state index in [1.807, 2.05) is 12.1 Å². The highest BCUT2D eigenvalue weighted by molar-refractivity contribution is 9.10. The van der Waals surface area contributed by atoms with Crippen LogP contribution in [0.4, 0.5) is 10.3 Å². The number of hydrogen-bond acceptors (Lipinski definition) is 3. The molecule has 0 saturated heterocycles. The first kappa shape index (κ1) is 14.1. The van der Waals surface area contributed by atoms with Crippen LogP contribution in [0.1, 0.15) is 0 Å². The van der Waals surface area contributed by atoms with Gasteiger partial charge in [-0.15, -0.1) is 0 Å². The smallest absolute Gasteiger partial charge is 0.230 e. The lowest BCUT2D eigenvalue weighted by molar-refractivity contribution is 0.439. The molecule has 21 heavy (non-hydrogen) atoms. The molecule has 3 rings (SSSR count). The molecule has 0 unspecified atom stereocenters. The Labute approximate surface area is 133 Å². The van der Waals surface area contributed by atoms with Crippen LogP contribution in [0.15, 0.2) is 51.5 Å². The van der Waals surface area contributed by atoms with E-state index in [-0.39, 0.29) is 11.7 Å². The standard InChI is InChI=1S/C15H9BrClFN2O/c16-12-7-10(18)5-6-11(12)14-13(15(19)21-20-14)8-1-3-9(17)4-2-8/h1-7H,19H2. The molecule has 6 heteroatoms. The second kappa shape index (κ2) is 5.50. The maximum atomic E-state index is 13.2. The monoisotopic (exact) mass is 366 g/mol. The van der Waals surface area contributed by atoms with Crippen molar-refractivity contribution in [1.82, 2.24) is 5.16 Å². The molecule has 0 bridgehead atoms. The Morgan fingerprint density at radius 1 is 1.14 bits per heavy atom. The molecular weight excluding hydrogens is 359 g/mol. The van der Waals surface area contributed by atoms with Gasteiger partial charge < -0.3 is 10.3 Å². The summed E-state index contributed by atoms with van der Waals surface area (Å²) < 4.78 is 18.9. The van der Waals surface area contributed by atoms with E-state index in [9.17, 15) is 4.39 Å². The predicted molar refractivity (Wildman–Crippen MR) is 84.5 cm³/mol. The van der Waals surface area contributed by atoms with Crippen LogP contribution in [0.25, 0.3) is 22.4 Å². The molecule has 0 aliphatic rings. The predicted octanol–water partition coefficient (Wildman–Crippen LogP) is 5.15. The van der Waals surface area contributed by atoms with Gasteiger partial charge in [-0.3, -0.25) is 0 Å². The van der Waals surface area contributed by atoms with E-state index in [0.717, 1.165) is 5.56 Å². The first-order chi connectivity index (χ1) is 10.1. The molecule has 1 aromatic heterocycles. The Morgan fingerprint density at radius 3 is 2.52 bits per heavy atom. The van der Waals surface area contributed by atoms with Crippen molar-refractivity contribution < 1.29 is 8.91 Å². The molecule has 0 amide bonds. The highest BCUT2D eigenvalue weighted by Gasteiger charge is 2.19. The largest absolute Gasteiger partial charge is 0.367 e. The third-order valence-electron chi connectivity index (χ3n) is 3.04. The summed E-state index contributed by atoms with van der Waals surface area (Å²) in [6, 6.07) is 11.5. The van der Waals surface area contributed by atoms with E-state index in [4.69, 9.17) is 21.9 Å². The molecule has 3 nitrogen and oxygen atoms in total. The molecule has 0 radical (unpaired) electrons. The topological polar surface area (TPSA) is 52.0 Å². The van der Waals surface area contributed by atoms with E-state index in [1.165, 1.54) is 12.1 Å². The van der Waals surface area contributed by atoms with Crippen LogP contribution in [0.2, 0.25) is 5.02 Å². The number of nitrogens with zero attached hydrogens (tertiary/aromatic N) is 1. The van der Waals surface area contributed by atoms with Crippen molar-refractivity contribution in [2.75, 3.05) is 5.73 Å². The molecule has 3 aromatic rings. The Kier molecular flexibility index (Phi) is 3.69. The number of aromatic nitrogens is 1. The maximum absolute atomic E-state index is 13.2. The van der Waals surface area contributed by atoms with E-state index in [0.29, 0.717) is 26.3 Å². The van der Waals surface area contributed by atoms with Gasteiger partial charge in [0.15, 0.2) is 0 Å². The second-order valence-electron chi connectivity index (χ2n) is 4.40. The average molecular weight is 368 g/mol. The highest BCUT2D eigenvalue weighted by Crippen LogP contribution is 2.39. The molecule has 0 spiro atoms. The highest BCUT2D eigenvalue weighted by atomic mass is 79.9. The summed E-state index contributed by atoms with van der Waals surface area (Å²) in [6.45, 7) is 0. The number of halogens is 3. The van der Waals surface area contributed by atoms with Gasteiger partial charge in [-0.05, 0) is 51.8 Å². The lowest BCUT2D eigenvalue weighted by atomic mass is 10.0. The number of rotatable bonds is 2. The van der Waals surface area contributed by atoms with Crippen LogP contribution < -0.4 is 5.73 Å². The second-order valence-corrected chi connectivity index (χ2v) is 5.69. The van der Waals surface area contributed by atoms with Crippen molar-refractivity contribution in [3.05, 3.63) is 57.8 Å². The minimum atomic E-state index is -0.338. The summed E-state index contributed by atoms with van der Waals surface area (Å²) in [4.78, 5) is 0. The van der Waals surface area contributed by atoms with E-state index < -0.39 is 0 Å². The molecule has 0 atom stereocenters. The molecule has 1 heterocycles. The molecule has 0 saturated carbocycles. The molecule has 2 aromatic carbocycles. The van der Waals surface area contributed by atoms with Crippen molar-refractivity contribution >= 4 is 33.4 Å². The zero-order valence-electron chi connectivity index (χ0n) is 10.6. The average Bonchev–Trinajstić information content (AvgIpc) is 2.82. The number of nitrogens with two attached hydrogens (primary N) is 1. The van der Waals surface area contributed by atoms with Gasteiger partial charge in [0.1, 0.15) is 11.5 Å². The number of nitrogen functional groups attached to an aromatic ring is 1. The maximum Gasteiger partial charge on any atom is 0.230 e. The number of hydrogen-bond donors (Lipinski definition) is 1. The van der Waals surface area contributed by atoms with Crippen LogP contribution in [-0.2, 0) is 0 Å². The molecular formula is C15H9BrClFN2O. The van der Waals surface area contributed by atoms with Crippen LogP contribution in [0, 0.1) is 5.82 Å². The van der Waals surface area contributed by atoms with Crippen molar-refractivity contribution in [3.63, 3.8) is 0 Å². The lowest BCUT2D eigenvalue weighted by Crippen LogP contribution is -1.89. The van der Waals surface area contributed by atoms with Gasteiger partial charge in [-0.1, -0.05) is 28.9 Å². The third kappa shape index (κ3) is 2.66. The van der Waals surface area contributed by atoms with Gasteiger partial charge in [-0.25, -0.2) is 4.39 Å². The van der Waals surface area contributed by atoms with Crippen LogP contribution in [0.3, 0.4) is 0 Å². The van der Waals surface area contributed by atoms with Crippen LogP contribution in [-0.4, -0.2) is 5.16 Å². The molecule has 0 aliphatic carbocycles. The molecule has 106 valence electrons. The van der Waals surface area contributed by atoms with Gasteiger partial charge >= 0.3 is 0 Å². The molecule has 0 fully saturated rings. The van der Waals surface area contributed by atoms with Gasteiger partial charge in [0.25, 0.3) is 0 Å². The summed E-state index contributed by atoms with van der Waals surface area (Å²) in [7, 11) is 0. The lowest BCUT2D eigenvalue weighted by Gasteiger charge is -2.05. The van der Waals surface area contributed by atoms with E-state index in [1.54, 1.807) is 18.2 Å². The summed E-state index contributed by atoms with van der Waals surface area (Å²) in [5.74, 6) is -0.140. The fraction of sp³-hybridized carbons (Fsp3) is 0. The minimum absolute atomic E-state index is 0.198. The fourth-order valence-electron chi connectivity index (χ4n) is 2.06. The Hall–Kier alpha value is -1.85. The van der Waals surface area contributed by atoms with Gasteiger partial charge in [-0.2, -0.15) is 0 Å². The Balaban J connectivity index is 2.19. The first-order valence-electron chi connectivity index (χ1n) is 6.03. The van der Waals surface area contributed by atoms with Crippen molar-refractivity contribution in [1.29, 1.82) is 0 Å². The summed E-state index contributed by atoms with van der Waals surface area (Å²) >= 11 is 9.22. The fourth-order valence-corrected chi connectivity index (χ4v) is 2.73. The van der Waals surface area contributed by atoms with Crippen LogP contribution >= 0.6 is 27.5 Å². The van der Waals surface area contributed by atoms with E-state index in [2.05, 4.69) is 21.1 Å². The zero-order chi connectivity index (χ0) is 15.0. The van der Waals surface area contributed by atoms with Crippen molar-refractivity contribution in [2.24, 2.45) is 0 Å². The zero-order valence-corrected chi connectivity index (χ0v) is 13.0.